The monoisotopic (exact) mass is 592 g/mol. The van der Waals surface area contributed by atoms with Gasteiger partial charge in [-0.1, -0.05) is 52.3 Å². The van der Waals surface area contributed by atoms with Gasteiger partial charge in [0.15, 0.2) is 0 Å². The van der Waals surface area contributed by atoms with E-state index in [0.717, 1.165) is 39.3 Å². The molecule has 0 saturated carbocycles. The second-order valence-electron chi connectivity index (χ2n) is 10.2. The molecule has 1 unspecified atom stereocenters. The quantitative estimate of drug-likeness (QED) is 0.294. The highest BCUT2D eigenvalue weighted by Crippen LogP contribution is 2.40. The van der Waals surface area contributed by atoms with Gasteiger partial charge in [0.25, 0.3) is 0 Å². The summed E-state index contributed by atoms with van der Waals surface area (Å²) in [5.74, 6) is -0.112. The molecular weight excluding hydrogens is 560 g/mol. The van der Waals surface area contributed by atoms with E-state index in [9.17, 15) is 9.59 Å². The molecule has 0 radical (unpaired) electrons. The van der Waals surface area contributed by atoms with Crippen LogP contribution in [0.4, 0.5) is 0 Å². The van der Waals surface area contributed by atoms with E-state index in [1.165, 1.54) is 4.88 Å². The second kappa shape index (κ2) is 11.0. The predicted octanol–water partition coefficient (Wildman–Crippen LogP) is 5.81. The normalized spacial score (nSPS) is 16.1. The molecule has 2 amide bonds. The number of carbonyl (C=O) groups is 2. The molecule has 38 heavy (non-hydrogen) atoms. The zero-order chi connectivity index (χ0) is 26.9. The number of aromatic amines is 1. The lowest BCUT2D eigenvalue weighted by Gasteiger charge is -2.46. The number of thiophene rings is 1. The molecule has 1 aliphatic rings. The largest absolute Gasteiger partial charge is 0.361 e. The van der Waals surface area contributed by atoms with Crippen LogP contribution in [0.2, 0.25) is 0 Å². The smallest absolute Gasteiger partial charge is 0.250 e. The van der Waals surface area contributed by atoms with Gasteiger partial charge in [-0.2, -0.15) is 0 Å². The van der Waals surface area contributed by atoms with E-state index in [4.69, 9.17) is 0 Å². The van der Waals surface area contributed by atoms with Gasteiger partial charge in [-0.25, -0.2) is 0 Å². The molecule has 3 heterocycles. The molecule has 1 aliphatic heterocycles. The number of hydrogen-bond donors (Lipinski definition) is 1. The Morgan fingerprint density at radius 2 is 1.79 bits per heavy atom. The van der Waals surface area contributed by atoms with E-state index < -0.39 is 6.04 Å². The minimum absolute atomic E-state index is 0.0211. The highest BCUT2D eigenvalue weighted by molar-refractivity contribution is 9.10. The molecule has 1 saturated heterocycles. The van der Waals surface area contributed by atoms with Crippen LogP contribution in [-0.4, -0.2) is 65.7 Å². The van der Waals surface area contributed by atoms with Crippen LogP contribution in [0.5, 0.6) is 0 Å². The van der Waals surface area contributed by atoms with Gasteiger partial charge < -0.3 is 14.8 Å². The number of amides is 2. The third-order valence-corrected chi connectivity index (χ3v) is 9.50. The minimum Gasteiger partial charge on any atom is -0.361 e. The van der Waals surface area contributed by atoms with Crippen molar-refractivity contribution in [2.45, 2.75) is 30.8 Å². The molecule has 2 aromatic carbocycles. The first-order valence-electron chi connectivity index (χ1n) is 12.9. The second-order valence-corrected chi connectivity index (χ2v) is 12.1. The first-order valence-corrected chi connectivity index (χ1v) is 14.5. The molecule has 1 N–H and O–H groups in total. The van der Waals surface area contributed by atoms with Gasteiger partial charge in [-0.05, 0) is 67.7 Å². The number of nitrogens with one attached hydrogen (secondary N) is 1. The number of fused-ring (bicyclic) bond motifs is 1. The maximum absolute atomic E-state index is 14.1. The third kappa shape index (κ3) is 5.05. The van der Waals surface area contributed by atoms with E-state index >= 15 is 0 Å². The van der Waals surface area contributed by atoms with Gasteiger partial charge in [-0.3, -0.25) is 14.5 Å². The fourth-order valence-electron chi connectivity index (χ4n) is 5.62. The van der Waals surface area contributed by atoms with Crippen molar-refractivity contribution in [2.24, 2.45) is 0 Å². The van der Waals surface area contributed by atoms with Gasteiger partial charge in [-0.15, -0.1) is 11.3 Å². The van der Waals surface area contributed by atoms with Crippen LogP contribution in [0.15, 0.2) is 76.7 Å². The highest BCUT2D eigenvalue weighted by atomic mass is 79.9. The number of carbonyl (C=O) groups excluding carboxylic acids is 2. The van der Waals surface area contributed by atoms with Crippen molar-refractivity contribution < 1.29 is 9.59 Å². The molecule has 1 fully saturated rings. The Hall–Kier alpha value is -2.94. The summed E-state index contributed by atoms with van der Waals surface area (Å²) in [5.41, 5.74) is 2.66. The van der Waals surface area contributed by atoms with Crippen LogP contribution in [0.25, 0.3) is 10.9 Å². The summed E-state index contributed by atoms with van der Waals surface area (Å²) in [6.07, 6.45) is 3.81. The lowest BCUT2D eigenvalue weighted by Crippen LogP contribution is -2.53. The van der Waals surface area contributed by atoms with Crippen molar-refractivity contribution in [3.8, 4) is 0 Å². The zero-order valence-corrected chi connectivity index (χ0v) is 24.4. The van der Waals surface area contributed by atoms with Gasteiger partial charge >= 0.3 is 0 Å². The van der Waals surface area contributed by atoms with Gasteiger partial charge in [0, 0.05) is 46.6 Å². The van der Waals surface area contributed by atoms with Crippen LogP contribution in [-0.2, 0) is 21.5 Å². The standard InChI is InChI=1S/C30H33BrN4O2S/c1-33(2)30(26-10-7-17-38-26)13-15-35(16-14-30)29(37)28(21-8-5-4-6-9-21)34(3)27(36)18-22-20-32-25-12-11-23(31)19-24(22)25/h4-12,17,19-20,28,32H,13-16,18H2,1-3H3. The van der Waals surface area contributed by atoms with E-state index in [2.05, 4.69) is 57.4 Å². The van der Waals surface area contributed by atoms with Crippen molar-refractivity contribution in [1.29, 1.82) is 0 Å². The summed E-state index contributed by atoms with van der Waals surface area (Å²) >= 11 is 5.31. The number of H-pyrrole nitrogens is 1. The summed E-state index contributed by atoms with van der Waals surface area (Å²) in [7, 11) is 6.00. The number of benzene rings is 2. The lowest BCUT2D eigenvalue weighted by atomic mass is 9.84. The first-order chi connectivity index (χ1) is 18.3. The van der Waals surface area contributed by atoms with Crippen LogP contribution < -0.4 is 0 Å². The van der Waals surface area contributed by atoms with Crippen molar-refractivity contribution in [1.82, 2.24) is 19.7 Å². The van der Waals surface area contributed by atoms with E-state index in [0.29, 0.717) is 13.1 Å². The number of hydrogen-bond acceptors (Lipinski definition) is 4. The Kier molecular flexibility index (Phi) is 7.75. The fraction of sp³-hybridized carbons (Fsp3) is 0.333. The average molecular weight is 594 g/mol. The molecule has 1 atom stereocenters. The summed E-state index contributed by atoms with van der Waals surface area (Å²) < 4.78 is 0.963. The SMILES string of the molecule is CN(C(=O)Cc1c[nH]c2ccc(Br)cc12)C(C(=O)N1CCC(c2cccs2)(N(C)C)CC1)c1ccccc1. The number of aromatic nitrogens is 1. The molecule has 0 aliphatic carbocycles. The van der Waals surface area contributed by atoms with Crippen molar-refractivity contribution in [3.63, 3.8) is 0 Å². The number of likely N-dealkylation sites (N-methyl/N-ethyl adjacent to an activating group) is 1. The van der Waals surface area contributed by atoms with Crippen molar-refractivity contribution in [2.75, 3.05) is 34.2 Å². The van der Waals surface area contributed by atoms with Crippen LogP contribution in [0.1, 0.15) is 34.9 Å². The first kappa shape index (κ1) is 26.7. The molecule has 0 spiro atoms. The number of piperidine rings is 1. The van der Waals surface area contributed by atoms with Crippen molar-refractivity contribution >= 4 is 50.0 Å². The van der Waals surface area contributed by atoms with E-state index in [1.54, 1.807) is 23.3 Å². The number of halogens is 1. The number of likely N-dealkylation sites (tertiary alicyclic amines) is 1. The molecule has 4 aromatic rings. The Morgan fingerprint density at radius 3 is 2.45 bits per heavy atom. The van der Waals surface area contributed by atoms with Gasteiger partial charge in [0.05, 0.1) is 12.0 Å². The van der Waals surface area contributed by atoms with Crippen molar-refractivity contribution in [3.05, 3.63) is 92.7 Å². The summed E-state index contributed by atoms with van der Waals surface area (Å²) in [4.78, 5) is 38.2. The molecule has 6 nitrogen and oxygen atoms in total. The fourth-order valence-corrected chi connectivity index (χ4v) is 7.05. The third-order valence-electron chi connectivity index (χ3n) is 7.94. The zero-order valence-electron chi connectivity index (χ0n) is 22.0. The molecule has 198 valence electrons. The maximum atomic E-state index is 14.1. The van der Waals surface area contributed by atoms with E-state index in [1.807, 2.05) is 59.6 Å². The van der Waals surface area contributed by atoms with Crippen LogP contribution in [0, 0.1) is 0 Å². The topological polar surface area (TPSA) is 59.7 Å². The molecule has 5 rings (SSSR count). The highest BCUT2D eigenvalue weighted by Gasteiger charge is 2.42. The predicted molar refractivity (Wildman–Crippen MR) is 157 cm³/mol. The number of nitrogens with zero attached hydrogens (tertiary/aromatic N) is 3. The van der Waals surface area contributed by atoms with E-state index in [-0.39, 0.29) is 23.8 Å². The van der Waals surface area contributed by atoms with Gasteiger partial charge in [0.1, 0.15) is 6.04 Å². The Morgan fingerprint density at radius 1 is 1.05 bits per heavy atom. The van der Waals surface area contributed by atoms with Crippen LogP contribution in [0.3, 0.4) is 0 Å². The van der Waals surface area contributed by atoms with Gasteiger partial charge in [0.2, 0.25) is 11.8 Å². The number of rotatable bonds is 7. The lowest BCUT2D eigenvalue weighted by molar-refractivity contribution is -0.146. The molecule has 0 bridgehead atoms. The Balaban J connectivity index is 1.37. The summed E-state index contributed by atoms with van der Waals surface area (Å²) in [5, 5.41) is 3.13. The Bertz CT molecular complexity index is 1410. The minimum atomic E-state index is -0.672. The average Bonchev–Trinajstić information content (AvgIpc) is 3.60. The molecule has 2 aromatic heterocycles. The summed E-state index contributed by atoms with van der Waals surface area (Å²) in [6.45, 7) is 1.30. The maximum Gasteiger partial charge on any atom is 0.250 e. The van der Waals surface area contributed by atoms with Crippen LogP contribution >= 0.6 is 27.3 Å². The molecular formula is C30H33BrN4O2S. The Labute approximate surface area is 236 Å². The molecule has 8 heteroatoms. The summed E-state index contributed by atoms with van der Waals surface area (Å²) in [6, 6.07) is 19.3.